The smallest absolute Gasteiger partial charge is 0.181 e. The molecule has 0 spiro atoms. The molecule has 0 saturated carbocycles. The molecule has 0 aliphatic heterocycles. The van der Waals surface area contributed by atoms with Crippen LogP contribution < -0.4 is 11.3 Å². The quantitative estimate of drug-likeness (QED) is 0.349. The lowest BCUT2D eigenvalue weighted by Gasteiger charge is -2.00. The van der Waals surface area contributed by atoms with Gasteiger partial charge in [-0.05, 0) is 0 Å². The molecule has 2 aromatic heterocycles. The zero-order valence-corrected chi connectivity index (χ0v) is 6.76. The van der Waals surface area contributed by atoms with Crippen molar-refractivity contribution in [1.82, 2.24) is 15.0 Å². The number of hydrogen-bond donors (Lipinski definition) is 3. The van der Waals surface area contributed by atoms with E-state index in [-0.39, 0.29) is 0 Å². The SMILES string of the molecule is NNc1cc(Cl)nc2nc[nH]c12. The van der Waals surface area contributed by atoms with Crippen LogP contribution in [0.4, 0.5) is 5.69 Å². The molecule has 0 aliphatic rings. The van der Waals surface area contributed by atoms with Gasteiger partial charge in [-0.2, -0.15) is 0 Å². The molecule has 0 aliphatic carbocycles. The predicted molar refractivity (Wildman–Crippen MR) is 46.7 cm³/mol. The number of hydrogen-bond acceptors (Lipinski definition) is 4. The molecule has 12 heavy (non-hydrogen) atoms. The Kier molecular flexibility index (Phi) is 1.60. The predicted octanol–water partition coefficient (Wildman–Crippen LogP) is 0.897. The van der Waals surface area contributed by atoms with Crippen molar-refractivity contribution in [2.24, 2.45) is 5.84 Å². The molecule has 6 heteroatoms. The fourth-order valence-corrected chi connectivity index (χ4v) is 1.20. The number of anilines is 1. The zero-order valence-electron chi connectivity index (χ0n) is 6.00. The molecule has 5 nitrogen and oxygen atoms in total. The highest BCUT2D eigenvalue weighted by Gasteiger charge is 2.04. The second-order valence-electron chi connectivity index (χ2n) is 2.24. The van der Waals surface area contributed by atoms with Crippen LogP contribution in [0.5, 0.6) is 0 Å². The fourth-order valence-electron chi connectivity index (χ4n) is 1.01. The number of rotatable bonds is 1. The van der Waals surface area contributed by atoms with Gasteiger partial charge in [0.1, 0.15) is 10.7 Å². The Morgan fingerprint density at radius 1 is 1.58 bits per heavy atom. The molecule has 0 aromatic carbocycles. The van der Waals surface area contributed by atoms with Crippen LogP contribution in [0, 0.1) is 0 Å². The number of imidazole rings is 1. The zero-order chi connectivity index (χ0) is 8.55. The maximum atomic E-state index is 5.70. The van der Waals surface area contributed by atoms with Gasteiger partial charge in [0.15, 0.2) is 5.65 Å². The number of nitrogens with zero attached hydrogens (tertiary/aromatic N) is 2. The number of pyridine rings is 1. The largest absolute Gasteiger partial charge is 0.341 e. The average Bonchev–Trinajstić information content (AvgIpc) is 2.50. The number of aromatic amines is 1. The molecule has 2 rings (SSSR count). The van der Waals surface area contributed by atoms with Crippen molar-refractivity contribution >= 4 is 28.5 Å². The van der Waals surface area contributed by atoms with Gasteiger partial charge >= 0.3 is 0 Å². The molecule has 0 amide bonds. The Morgan fingerprint density at radius 3 is 3.17 bits per heavy atom. The second kappa shape index (κ2) is 2.62. The number of aromatic nitrogens is 3. The van der Waals surface area contributed by atoms with Crippen molar-refractivity contribution < 1.29 is 0 Å². The molecule has 62 valence electrons. The lowest BCUT2D eigenvalue weighted by Crippen LogP contribution is -2.07. The van der Waals surface area contributed by atoms with E-state index in [4.69, 9.17) is 17.4 Å². The molecule has 2 aromatic rings. The van der Waals surface area contributed by atoms with E-state index in [1.165, 1.54) is 6.33 Å². The Morgan fingerprint density at radius 2 is 2.42 bits per heavy atom. The normalized spacial score (nSPS) is 10.5. The van der Waals surface area contributed by atoms with E-state index in [0.717, 1.165) is 5.52 Å². The van der Waals surface area contributed by atoms with E-state index in [9.17, 15) is 0 Å². The Labute approximate surface area is 72.9 Å². The monoisotopic (exact) mass is 183 g/mol. The molecule has 0 bridgehead atoms. The third-order valence-electron chi connectivity index (χ3n) is 1.52. The Hall–Kier alpha value is -1.33. The van der Waals surface area contributed by atoms with E-state index >= 15 is 0 Å². The maximum Gasteiger partial charge on any atom is 0.181 e. The van der Waals surface area contributed by atoms with Crippen molar-refractivity contribution in [2.45, 2.75) is 0 Å². The first-order chi connectivity index (χ1) is 5.81. The van der Waals surface area contributed by atoms with E-state index in [2.05, 4.69) is 20.4 Å². The average molecular weight is 184 g/mol. The molecule has 0 unspecified atom stereocenters. The standard InChI is InChI=1S/C6H6ClN5/c7-4-1-3(12-8)5-6(11-4)10-2-9-5/h1-2H,8H2,(H2,9,10,11,12). The first-order valence-electron chi connectivity index (χ1n) is 3.27. The van der Waals surface area contributed by atoms with Crippen LogP contribution in [0.1, 0.15) is 0 Å². The van der Waals surface area contributed by atoms with Gasteiger partial charge in [0.05, 0.1) is 12.0 Å². The highest BCUT2D eigenvalue weighted by Crippen LogP contribution is 2.20. The molecule has 2 heterocycles. The summed E-state index contributed by atoms with van der Waals surface area (Å²) in [4.78, 5) is 10.8. The van der Waals surface area contributed by atoms with Gasteiger partial charge in [-0.1, -0.05) is 11.6 Å². The van der Waals surface area contributed by atoms with Gasteiger partial charge in [-0.25, -0.2) is 9.97 Å². The molecule has 0 atom stereocenters. The Balaban J connectivity index is 2.80. The number of halogens is 1. The molecular weight excluding hydrogens is 178 g/mol. The van der Waals surface area contributed by atoms with Crippen LogP contribution in [0.15, 0.2) is 12.4 Å². The lowest BCUT2D eigenvalue weighted by molar-refractivity contribution is 1.30. The summed E-state index contributed by atoms with van der Waals surface area (Å²) in [6.07, 6.45) is 1.54. The number of nitrogen functional groups attached to an aromatic ring is 1. The summed E-state index contributed by atoms with van der Waals surface area (Å²) < 4.78 is 0. The number of nitrogens with two attached hydrogens (primary N) is 1. The van der Waals surface area contributed by atoms with Gasteiger partial charge in [-0.3, -0.25) is 5.84 Å². The number of hydrazine groups is 1. The maximum absolute atomic E-state index is 5.70. The number of fused-ring (bicyclic) bond motifs is 1. The summed E-state index contributed by atoms with van der Waals surface area (Å²) in [6.45, 7) is 0. The topological polar surface area (TPSA) is 79.6 Å². The summed E-state index contributed by atoms with van der Waals surface area (Å²) in [6, 6.07) is 1.63. The van der Waals surface area contributed by atoms with Crippen LogP contribution in [0.2, 0.25) is 5.15 Å². The fraction of sp³-hybridized carbons (Fsp3) is 0. The molecular formula is C6H6ClN5. The summed E-state index contributed by atoms with van der Waals surface area (Å²) in [5.41, 5.74) is 4.49. The van der Waals surface area contributed by atoms with Crippen LogP contribution >= 0.6 is 11.6 Å². The van der Waals surface area contributed by atoms with E-state index in [0.29, 0.717) is 16.5 Å². The minimum Gasteiger partial charge on any atom is -0.341 e. The summed E-state index contributed by atoms with van der Waals surface area (Å²) in [5, 5.41) is 0.363. The number of H-pyrrole nitrogens is 1. The molecule has 0 fully saturated rings. The highest BCUT2D eigenvalue weighted by atomic mass is 35.5. The van der Waals surface area contributed by atoms with Gasteiger partial charge in [0.2, 0.25) is 0 Å². The van der Waals surface area contributed by atoms with Gasteiger partial charge in [0.25, 0.3) is 0 Å². The van der Waals surface area contributed by atoms with Gasteiger partial charge in [0, 0.05) is 6.07 Å². The minimum atomic E-state index is 0.363. The van der Waals surface area contributed by atoms with Crippen molar-refractivity contribution in [3.63, 3.8) is 0 Å². The van der Waals surface area contributed by atoms with Crippen molar-refractivity contribution in [3.8, 4) is 0 Å². The van der Waals surface area contributed by atoms with Crippen LogP contribution in [0.25, 0.3) is 11.2 Å². The third-order valence-corrected chi connectivity index (χ3v) is 1.71. The molecule has 4 N–H and O–H groups in total. The van der Waals surface area contributed by atoms with Gasteiger partial charge < -0.3 is 10.4 Å². The van der Waals surface area contributed by atoms with Crippen molar-refractivity contribution in [1.29, 1.82) is 0 Å². The number of nitrogens with one attached hydrogen (secondary N) is 2. The second-order valence-corrected chi connectivity index (χ2v) is 2.63. The van der Waals surface area contributed by atoms with E-state index in [1.807, 2.05) is 0 Å². The van der Waals surface area contributed by atoms with E-state index in [1.54, 1.807) is 6.07 Å². The summed E-state index contributed by atoms with van der Waals surface area (Å²) >= 11 is 5.70. The Bertz CT molecular complexity index is 409. The lowest BCUT2D eigenvalue weighted by atomic mass is 10.4. The van der Waals surface area contributed by atoms with Crippen molar-refractivity contribution in [2.75, 3.05) is 5.43 Å². The van der Waals surface area contributed by atoms with E-state index < -0.39 is 0 Å². The summed E-state index contributed by atoms with van der Waals surface area (Å²) in [7, 11) is 0. The van der Waals surface area contributed by atoms with Gasteiger partial charge in [-0.15, -0.1) is 0 Å². The summed E-state index contributed by atoms with van der Waals surface area (Å²) in [5.74, 6) is 5.26. The first kappa shape index (κ1) is 7.33. The minimum absolute atomic E-state index is 0.363. The first-order valence-corrected chi connectivity index (χ1v) is 3.65. The van der Waals surface area contributed by atoms with Crippen LogP contribution in [-0.4, -0.2) is 15.0 Å². The molecule has 0 radical (unpaired) electrons. The molecule has 0 saturated heterocycles. The third kappa shape index (κ3) is 0.992. The van der Waals surface area contributed by atoms with Crippen LogP contribution in [0.3, 0.4) is 0 Å². The van der Waals surface area contributed by atoms with Crippen LogP contribution in [-0.2, 0) is 0 Å². The van der Waals surface area contributed by atoms with Crippen molar-refractivity contribution in [3.05, 3.63) is 17.5 Å². The highest BCUT2D eigenvalue weighted by molar-refractivity contribution is 6.30.